The maximum absolute atomic E-state index is 10.7. The van der Waals surface area contributed by atoms with Crippen molar-refractivity contribution in [1.29, 1.82) is 0 Å². The minimum Gasteiger partial charge on any atom is -0.392 e. The molecule has 3 nitrogen and oxygen atoms in total. The Bertz CT molecular complexity index is 1100. The van der Waals surface area contributed by atoms with E-state index in [-0.39, 0.29) is 49.1 Å². The van der Waals surface area contributed by atoms with Gasteiger partial charge in [0.05, 0.1) is 17.7 Å². The maximum Gasteiger partial charge on any atom is 0.0651 e. The van der Waals surface area contributed by atoms with Crippen LogP contribution in [0.25, 0.3) is 22.2 Å². The predicted molar refractivity (Wildman–Crippen MR) is 145 cm³/mol. The van der Waals surface area contributed by atoms with E-state index in [0.29, 0.717) is 5.92 Å². The number of aliphatic hydroxyl groups is 2. The maximum atomic E-state index is 10.7. The first-order valence-corrected chi connectivity index (χ1v) is 13.5. The third kappa shape index (κ3) is 5.07. The van der Waals surface area contributed by atoms with Crippen molar-refractivity contribution in [1.82, 2.24) is 4.98 Å². The summed E-state index contributed by atoms with van der Waals surface area (Å²) in [7, 11) is 0. The molecule has 0 bridgehead atoms. The van der Waals surface area contributed by atoms with Gasteiger partial charge in [-0.05, 0) is 79.5 Å². The zero-order valence-electron chi connectivity index (χ0n) is 22.4. The van der Waals surface area contributed by atoms with Gasteiger partial charge in [0, 0.05) is 31.4 Å². The van der Waals surface area contributed by atoms with Gasteiger partial charge in [0.1, 0.15) is 0 Å². The van der Waals surface area contributed by atoms with E-state index < -0.39 is 0 Å². The molecule has 36 heavy (non-hydrogen) atoms. The van der Waals surface area contributed by atoms with Gasteiger partial charge < -0.3 is 10.2 Å². The summed E-state index contributed by atoms with van der Waals surface area (Å²) in [4.78, 5) is 4.68. The first kappa shape index (κ1) is 29.0. The molecule has 197 valence electrons. The van der Waals surface area contributed by atoms with Crippen LogP contribution in [0.1, 0.15) is 71.8 Å². The Morgan fingerprint density at radius 2 is 1.44 bits per heavy atom. The molecule has 2 aliphatic rings. The third-order valence-corrected chi connectivity index (χ3v) is 9.62. The van der Waals surface area contributed by atoms with Crippen LogP contribution in [-0.4, -0.2) is 27.4 Å². The summed E-state index contributed by atoms with van der Waals surface area (Å²) in [6.07, 6.45) is 5.78. The molecule has 1 heterocycles. The molecule has 1 aromatic heterocycles. The van der Waals surface area contributed by atoms with Gasteiger partial charge in [0.2, 0.25) is 0 Å². The van der Waals surface area contributed by atoms with Gasteiger partial charge >= 0.3 is 0 Å². The van der Waals surface area contributed by atoms with Crippen LogP contribution in [0.2, 0.25) is 0 Å². The predicted octanol–water partition coefficient (Wildman–Crippen LogP) is 7.37. The van der Waals surface area contributed by atoms with Crippen molar-refractivity contribution in [2.75, 3.05) is 0 Å². The van der Waals surface area contributed by atoms with E-state index in [1.54, 1.807) is 0 Å². The van der Waals surface area contributed by atoms with Crippen molar-refractivity contribution >= 4 is 10.9 Å². The Kier molecular flexibility index (Phi) is 9.55. The Labute approximate surface area is 231 Å². The number of pyridine rings is 1. The van der Waals surface area contributed by atoms with Crippen molar-refractivity contribution < 1.29 is 30.3 Å². The number of hydrogen-bond acceptors (Lipinski definition) is 3. The number of rotatable bonds is 5. The Morgan fingerprint density at radius 3 is 1.94 bits per heavy atom. The van der Waals surface area contributed by atoms with Crippen LogP contribution in [0.4, 0.5) is 0 Å². The molecule has 2 unspecified atom stereocenters. The minimum absolute atomic E-state index is 0. The molecular weight excluding hydrogens is 623 g/mol. The largest absolute Gasteiger partial charge is 0.392 e. The summed E-state index contributed by atoms with van der Waals surface area (Å²) in [5, 5.41) is 22.7. The molecule has 3 aromatic rings. The number of nitrogens with zero attached hydrogens (tertiary/aromatic N) is 1. The standard InChI is InChI=1S/C16H12N.C16H30O2.Ir/c1-12-6-5-9-16-14(12)10-11-15(17-16)13-7-3-2-4-8-13;1-5-15(6-2)9-11-10-16(7-3,8-4)14(18)12(11)13(15)17;/h2-7,9-11H,1H3;11-14,17-18H,5-10H2,1-4H3;/q-1;;. The second-order valence-electron chi connectivity index (χ2n) is 10.9. The van der Waals surface area contributed by atoms with Crippen molar-refractivity contribution in [2.45, 2.75) is 85.4 Å². The molecule has 1 radical (unpaired) electrons. The Hall–Kier alpha value is -1.58. The van der Waals surface area contributed by atoms with Gasteiger partial charge in [0.15, 0.2) is 0 Å². The minimum atomic E-state index is -0.299. The van der Waals surface area contributed by atoms with Crippen LogP contribution in [0.15, 0.2) is 54.6 Å². The van der Waals surface area contributed by atoms with Crippen LogP contribution >= 0.6 is 0 Å². The zero-order chi connectivity index (χ0) is 25.2. The molecule has 2 atom stereocenters. The third-order valence-electron chi connectivity index (χ3n) is 9.62. The second kappa shape index (κ2) is 11.9. The fraction of sp³-hybridized carbons (Fsp3) is 0.531. The van der Waals surface area contributed by atoms with Crippen molar-refractivity contribution in [3.63, 3.8) is 0 Å². The van der Waals surface area contributed by atoms with E-state index in [2.05, 4.69) is 69.9 Å². The van der Waals surface area contributed by atoms with E-state index in [1.165, 1.54) is 10.9 Å². The summed E-state index contributed by atoms with van der Waals surface area (Å²) < 4.78 is 0. The van der Waals surface area contributed by atoms with Crippen molar-refractivity contribution in [3.8, 4) is 11.3 Å². The van der Waals surface area contributed by atoms with E-state index in [0.717, 1.165) is 55.3 Å². The Morgan fingerprint density at radius 1 is 0.833 bits per heavy atom. The van der Waals surface area contributed by atoms with E-state index in [1.807, 2.05) is 30.3 Å². The fourth-order valence-electron chi connectivity index (χ4n) is 7.06. The smallest absolute Gasteiger partial charge is 0.0651 e. The molecule has 5 rings (SSSR count). The van der Waals surface area contributed by atoms with Crippen molar-refractivity contribution in [3.05, 3.63) is 66.2 Å². The normalized spacial score (nSPS) is 25.5. The van der Waals surface area contributed by atoms with Crippen LogP contribution in [0.5, 0.6) is 0 Å². The molecule has 0 spiro atoms. The van der Waals surface area contributed by atoms with Gasteiger partial charge in [-0.2, -0.15) is 0 Å². The summed E-state index contributed by atoms with van der Waals surface area (Å²) >= 11 is 0. The quantitative estimate of drug-likeness (QED) is 0.280. The molecule has 2 N–H and O–H groups in total. The molecule has 4 heteroatoms. The monoisotopic (exact) mass is 665 g/mol. The zero-order valence-corrected chi connectivity index (χ0v) is 24.8. The van der Waals surface area contributed by atoms with Crippen molar-refractivity contribution in [2.24, 2.45) is 22.7 Å². The van der Waals surface area contributed by atoms with E-state index in [4.69, 9.17) is 0 Å². The second-order valence-corrected chi connectivity index (χ2v) is 10.9. The topological polar surface area (TPSA) is 53.4 Å². The van der Waals surface area contributed by atoms with Crippen LogP contribution < -0.4 is 0 Å². The van der Waals surface area contributed by atoms with Gasteiger partial charge in [-0.3, -0.25) is 4.98 Å². The number of hydrogen-bond donors (Lipinski definition) is 2. The fourth-order valence-corrected chi connectivity index (χ4v) is 7.06. The van der Waals surface area contributed by atoms with Gasteiger partial charge in [-0.25, -0.2) is 0 Å². The molecule has 0 aliphatic heterocycles. The summed E-state index contributed by atoms with van der Waals surface area (Å²) in [5.74, 6) is 0.666. The average Bonchev–Trinajstić information content (AvgIpc) is 3.34. The molecule has 0 saturated heterocycles. The van der Waals surface area contributed by atoms with Gasteiger partial charge in [-0.1, -0.05) is 52.0 Å². The first-order valence-electron chi connectivity index (χ1n) is 13.5. The first-order chi connectivity index (χ1) is 16.8. The molecule has 2 aromatic carbocycles. The number of benzene rings is 2. The average molecular weight is 665 g/mol. The molecule has 0 amide bonds. The number of aromatic nitrogens is 1. The number of fused-ring (bicyclic) bond motifs is 2. The SMILES string of the molecule is CCC1(CC)CC2CC(CC)(CC)C(O)C2C1O.Cc1cccc2nc(-c3[c-]cccc3)ccc12.[Ir]. The summed E-state index contributed by atoms with van der Waals surface area (Å²) in [5.41, 5.74) is 4.46. The van der Waals surface area contributed by atoms with E-state index >= 15 is 0 Å². The molecule has 2 saturated carbocycles. The number of aliphatic hydroxyl groups excluding tert-OH is 2. The summed E-state index contributed by atoms with van der Waals surface area (Å²) in [6.45, 7) is 10.9. The molecule has 2 fully saturated rings. The summed E-state index contributed by atoms with van der Waals surface area (Å²) in [6, 6.07) is 21.5. The molecular formula is C32H42IrNO2-. The van der Waals surface area contributed by atoms with E-state index in [9.17, 15) is 10.2 Å². The van der Waals surface area contributed by atoms with Crippen LogP contribution in [0, 0.1) is 35.7 Å². The van der Waals surface area contributed by atoms with Crippen LogP contribution in [-0.2, 0) is 20.1 Å². The van der Waals surface area contributed by atoms with Gasteiger partial charge in [0.25, 0.3) is 0 Å². The van der Waals surface area contributed by atoms with Gasteiger partial charge in [-0.15, -0.1) is 35.9 Å². The van der Waals surface area contributed by atoms with Crippen LogP contribution in [0.3, 0.4) is 0 Å². The number of aryl methyl sites for hydroxylation is 1. The Balaban J connectivity index is 0.000000195. The molecule has 2 aliphatic carbocycles.